The predicted molar refractivity (Wildman–Crippen MR) is 90.2 cm³/mol. The highest BCUT2D eigenvalue weighted by Crippen LogP contribution is 2.20. The molecule has 1 aromatic heterocycles. The lowest BCUT2D eigenvalue weighted by Gasteiger charge is -2.04. The SMILES string of the molecule is Cc1ccc2onc(CC(=O)Nc3ccc(I)cc3)c2c1. The van der Waals surface area contributed by atoms with E-state index in [1.807, 2.05) is 49.4 Å². The van der Waals surface area contributed by atoms with Crippen LogP contribution in [0.15, 0.2) is 47.0 Å². The van der Waals surface area contributed by atoms with E-state index in [1.54, 1.807) is 0 Å². The second kappa shape index (κ2) is 5.85. The standard InChI is InChI=1S/C16H13IN2O2/c1-10-2-7-15-13(8-10)14(19-21-15)9-16(20)18-12-5-3-11(17)4-6-12/h2-8H,9H2,1H3,(H,18,20). The molecule has 1 amide bonds. The van der Waals surface area contributed by atoms with Gasteiger partial charge in [0.05, 0.1) is 6.42 Å². The first kappa shape index (κ1) is 14.1. The van der Waals surface area contributed by atoms with Crippen molar-refractivity contribution in [3.63, 3.8) is 0 Å². The molecule has 5 heteroatoms. The maximum Gasteiger partial charge on any atom is 0.230 e. The Morgan fingerprint density at radius 1 is 1.24 bits per heavy atom. The first-order valence-corrected chi connectivity index (χ1v) is 7.60. The molecule has 0 aliphatic rings. The van der Waals surface area contributed by atoms with Crippen molar-refractivity contribution in [3.8, 4) is 0 Å². The lowest BCUT2D eigenvalue weighted by Crippen LogP contribution is -2.14. The number of carbonyl (C=O) groups excluding carboxylic acids is 1. The van der Waals surface area contributed by atoms with Gasteiger partial charge in [-0.2, -0.15) is 0 Å². The number of carbonyl (C=O) groups is 1. The molecule has 0 bridgehead atoms. The van der Waals surface area contributed by atoms with Crippen molar-refractivity contribution in [2.75, 3.05) is 5.32 Å². The molecule has 3 aromatic rings. The summed E-state index contributed by atoms with van der Waals surface area (Å²) >= 11 is 2.23. The first-order valence-electron chi connectivity index (χ1n) is 6.52. The second-order valence-electron chi connectivity index (χ2n) is 4.86. The molecular formula is C16H13IN2O2. The maximum atomic E-state index is 12.1. The Morgan fingerprint density at radius 3 is 2.76 bits per heavy atom. The molecule has 0 spiro atoms. The zero-order valence-corrected chi connectivity index (χ0v) is 13.5. The summed E-state index contributed by atoms with van der Waals surface area (Å²) in [5, 5.41) is 7.75. The van der Waals surface area contributed by atoms with E-state index < -0.39 is 0 Å². The van der Waals surface area contributed by atoms with Gasteiger partial charge < -0.3 is 9.84 Å². The third-order valence-electron chi connectivity index (χ3n) is 3.16. The minimum atomic E-state index is -0.104. The summed E-state index contributed by atoms with van der Waals surface area (Å²) in [6, 6.07) is 13.5. The quantitative estimate of drug-likeness (QED) is 0.688. The van der Waals surface area contributed by atoms with Crippen molar-refractivity contribution in [2.24, 2.45) is 0 Å². The van der Waals surface area contributed by atoms with Crippen molar-refractivity contribution >= 4 is 45.2 Å². The highest BCUT2D eigenvalue weighted by molar-refractivity contribution is 14.1. The summed E-state index contributed by atoms with van der Waals surface area (Å²) in [4.78, 5) is 12.1. The molecule has 0 unspecified atom stereocenters. The Labute approximate surface area is 135 Å². The zero-order valence-electron chi connectivity index (χ0n) is 11.4. The van der Waals surface area contributed by atoms with Gasteiger partial charge in [-0.15, -0.1) is 0 Å². The van der Waals surface area contributed by atoms with Crippen molar-refractivity contribution in [1.29, 1.82) is 0 Å². The monoisotopic (exact) mass is 392 g/mol. The lowest BCUT2D eigenvalue weighted by molar-refractivity contribution is -0.115. The van der Waals surface area contributed by atoms with Gasteiger partial charge in [0.15, 0.2) is 5.58 Å². The van der Waals surface area contributed by atoms with Gasteiger partial charge in [-0.05, 0) is 65.9 Å². The molecule has 0 fully saturated rings. The van der Waals surface area contributed by atoms with Crippen molar-refractivity contribution in [2.45, 2.75) is 13.3 Å². The van der Waals surface area contributed by atoms with Gasteiger partial charge in [-0.3, -0.25) is 4.79 Å². The number of anilines is 1. The Balaban J connectivity index is 1.77. The predicted octanol–water partition coefficient (Wildman–Crippen LogP) is 3.92. The second-order valence-corrected chi connectivity index (χ2v) is 6.11. The fraction of sp³-hybridized carbons (Fsp3) is 0.125. The summed E-state index contributed by atoms with van der Waals surface area (Å²) in [7, 11) is 0. The fourth-order valence-corrected chi connectivity index (χ4v) is 2.48. The third-order valence-corrected chi connectivity index (χ3v) is 3.88. The number of hydrogen-bond acceptors (Lipinski definition) is 3. The molecule has 4 nitrogen and oxygen atoms in total. The smallest absolute Gasteiger partial charge is 0.230 e. The molecule has 1 heterocycles. The van der Waals surface area contributed by atoms with Crippen LogP contribution in [0.25, 0.3) is 11.0 Å². The topological polar surface area (TPSA) is 55.1 Å². The van der Waals surface area contributed by atoms with Gasteiger partial charge in [0, 0.05) is 14.6 Å². The van der Waals surface area contributed by atoms with Crippen molar-refractivity contribution in [3.05, 3.63) is 57.3 Å². The number of rotatable bonds is 3. The van der Waals surface area contributed by atoms with Gasteiger partial charge in [0.2, 0.25) is 5.91 Å². The Morgan fingerprint density at radius 2 is 2.00 bits per heavy atom. The first-order chi connectivity index (χ1) is 10.1. The van der Waals surface area contributed by atoms with Gasteiger partial charge in [0.25, 0.3) is 0 Å². The van der Waals surface area contributed by atoms with E-state index in [4.69, 9.17) is 4.52 Å². The normalized spacial score (nSPS) is 10.8. The van der Waals surface area contributed by atoms with Crippen LogP contribution >= 0.6 is 22.6 Å². The Kier molecular flexibility index (Phi) is 3.92. The summed E-state index contributed by atoms with van der Waals surface area (Å²) < 4.78 is 6.37. The minimum Gasteiger partial charge on any atom is -0.356 e. The van der Waals surface area contributed by atoms with Crippen molar-refractivity contribution < 1.29 is 9.32 Å². The Bertz CT molecular complexity index is 794. The number of amides is 1. The van der Waals surface area contributed by atoms with Crippen LogP contribution in [-0.4, -0.2) is 11.1 Å². The average molecular weight is 392 g/mol. The van der Waals surface area contributed by atoms with E-state index >= 15 is 0 Å². The molecule has 0 saturated carbocycles. The van der Waals surface area contributed by atoms with Gasteiger partial charge >= 0.3 is 0 Å². The lowest BCUT2D eigenvalue weighted by atomic mass is 10.1. The number of nitrogens with zero attached hydrogens (tertiary/aromatic N) is 1. The summed E-state index contributed by atoms with van der Waals surface area (Å²) in [6.45, 7) is 2.00. The molecule has 0 atom stereocenters. The van der Waals surface area contributed by atoms with E-state index in [1.165, 1.54) is 0 Å². The highest BCUT2D eigenvalue weighted by Gasteiger charge is 2.12. The van der Waals surface area contributed by atoms with Crippen LogP contribution in [0.1, 0.15) is 11.3 Å². The van der Waals surface area contributed by atoms with Crippen LogP contribution < -0.4 is 5.32 Å². The molecule has 0 aliphatic carbocycles. The van der Waals surface area contributed by atoms with Crippen molar-refractivity contribution in [1.82, 2.24) is 5.16 Å². The molecule has 0 radical (unpaired) electrons. The van der Waals surface area contributed by atoms with Gasteiger partial charge in [-0.25, -0.2) is 0 Å². The van der Waals surface area contributed by atoms with E-state index in [2.05, 4.69) is 33.1 Å². The number of aryl methyl sites for hydroxylation is 1. The molecule has 3 rings (SSSR count). The summed E-state index contributed by atoms with van der Waals surface area (Å²) in [6.07, 6.45) is 0.197. The number of halogens is 1. The van der Waals surface area contributed by atoms with E-state index in [9.17, 15) is 4.79 Å². The molecule has 2 aromatic carbocycles. The van der Waals surface area contributed by atoms with Gasteiger partial charge in [0.1, 0.15) is 5.69 Å². The number of benzene rings is 2. The maximum absolute atomic E-state index is 12.1. The molecule has 0 saturated heterocycles. The zero-order chi connectivity index (χ0) is 14.8. The van der Waals surface area contributed by atoms with E-state index in [0.717, 1.165) is 20.2 Å². The number of aromatic nitrogens is 1. The average Bonchev–Trinajstić information content (AvgIpc) is 2.84. The largest absolute Gasteiger partial charge is 0.356 e. The third kappa shape index (κ3) is 3.24. The van der Waals surface area contributed by atoms with Crippen LogP contribution in [0.4, 0.5) is 5.69 Å². The van der Waals surface area contributed by atoms with Crippen LogP contribution in [0.2, 0.25) is 0 Å². The fourth-order valence-electron chi connectivity index (χ4n) is 2.12. The van der Waals surface area contributed by atoms with Crippen LogP contribution in [0.3, 0.4) is 0 Å². The minimum absolute atomic E-state index is 0.104. The molecule has 0 aliphatic heterocycles. The molecule has 106 valence electrons. The molecule has 21 heavy (non-hydrogen) atoms. The molecule has 1 N–H and O–H groups in total. The summed E-state index contributed by atoms with van der Waals surface area (Å²) in [5.74, 6) is -0.104. The van der Waals surface area contributed by atoms with Crippen LogP contribution in [0, 0.1) is 10.5 Å². The highest BCUT2D eigenvalue weighted by atomic mass is 127. The summed E-state index contributed by atoms with van der Waals surface area (Å²) in [5.41, 5.74) is 3.27. The van der Waals surface area contributed by atoms with E-state index in [-0.39, 0.29) is 12.3 Å². The number of fused-ring (bicyclic) bond motifs is 1. The number of hydrogen-bond donors (Lipinski definition) is 1. The number of nitrogens with one attached hydrogen (secondary N) is 1. The van der Waals surface area contributed by atoms with Crippen LogP contribution in [-0.2, 0) is 11.2 Å². The molecular weight excluding hydrogens is 379 g/mol. The Hall–Kier alpha value is -1.89. The van der Waals surface area contributed by atoms with Gasteiger partial charge in [-0.1, -0.05) is 16.8 Å². The van der Waals surface area contributed by atoms with Crippen LogP contribution in [0.5, 0.6) is 0 Å². The van der Waals surface area contributed by atoms with E-state index in [0.29, 0.717) is 11.3 Å².